The summed E-state index contributed by atoms with van der Waals surface area (Å²) in [5, 5.41) is 13.3. The molecule has 8 heteroatoms. The van der Waals surface area contributed by atoms with Crippen LogP contribution in [0.25, 0.3) is 0 Å². The second-order valence-electron chi connectivity index (χ2n) is 4.60. The number of methoxy groups -OCH3 is 2. The molecule has 22 heavy (non-hydrogen) atoms. The molecule has 0 aromatic heterocycles. The Morgan fingerprint density at radius 3 is 2.27 bits per heavy atom. The van der Waals surface area contributed by atoms with Gasteiger partial charge in [-0.25, -0.2) is 4.79 Å². The van der Waals surface area contributed by atoms with Crippen LogP contribution in [-0.4, -0.2) is 43.6 Å². The lowest BCUT2D eigenvalue weighted by Crippen LogP contribution is -2.46. The molecule has 0 heterocycles. The number of esters is 1. The summed E-state index contributed by atoms with van der Waals surface area (Å²) in [5.74, 6) is -1.48. The lowest BCUT2D eigenvalue weighted by atomic mass is 9.91. The van der Waals surface area contributed by atoms with Crippen LogP contribution >= 0.6 is 0 Å². The predicted molar refractivity (Wildman–Crippen MR) is 77.2 cm³/mol. The molecule has 1 amide bonds. The molecular formula is C14H18N2O6. The Morgan fingerprint density at radius 1 is 1.27 bits per heavy atom. The zero-order valence-corrected chi connectivity index (χ0v) is 12.6. The first kappa shape index (κ1) is 17.4. The number of rotatable bonds is 7. The summed E-state index contributed by atoms with van der Waals surface area (Å²) in [4.78, 5) is 33.6. The third-order valence-electron chi connectivity index (χ3n) is 3.11. The van der Waals surface area contributed by atoms with Gasteiger partial charge < -0.3 is 14.8 Å². The van der Waals surface area contributed by atoms with Crippen LogP contribution in [0.15, 0.2) is 24.3 Å². The number of nitrogens with zero attached hydrogens (tertiary/aromatic N) is 1. The highest BCUT2D eigenvalue weighted by Gasteiger charge is 2.35. The molecule has 8 nitrogen and oxygen atoms in total. The molecule has 1 rings (SSSR count). The first-order chi connectivity index (χ1) is 10.4. The Labute approximate surface area is 127 Å². The van der Waals surface area contributed by atoms with E-state index in [2.05, 4.69) is 10.1 Å². The van der Waals surface area contributed by atoms with E-state index in [1.807, 2.05) is 0 Å². The molecule has 1 aromatic rings. The normalized spacial score (nSPS) is 12.9. The van der Waals surface area contributed by atoms with Gasteiger partial charge in [0, 0.05) is 11.8 Å². The lowest BCUT2D eigenvalue weighted by Gasteiger charge is -2.23. The largest absolute Gasteiger partial charge is 0.497 e. The quantitative estimate of drug-likeness (QED) is 0.452. The van der Waals surface area contributed by atoms with E-state index >= 15 is 0 Å². The Morgan fingerprint density at radius 2 is 1.86 bits per heavy atom. The number of hydrogen-bond acceptors (Lipinski definition) is 6. The van der Waals surface area contributed by atoms with Crippen LogP contribution in [0.4, 0.5) is 0 Å². The minimum atomic E-state index is -1.14. The van der Waals surface area contributed by atoms with Gasteiger partial charge in [-0.3, -0.25) is 14.9 Å². The van der Waals surface area contributed by atoms with Crippen molar-refractivity contribution in [1.82, 2.24) is 5.32 Å². The summed E-state index contributed by atoms with van der Waals surface area (Å²) in [6, 6.07) is 5.35. The third kappa shape index (κ3) is 4.72. The molecule has 2 atom stereocenters. The molecule has 0 spiro atoms. The predicted octanol–water partition coefficient (Wildman–Crippen LogP) is 0.733. The molecule has 0 saturated carbocycles. The van der Waals surface area contributed by atoms with Gasteiger partial charge in [0.05, 0.1) is 20.1 Å². The van der Waals surface area contributed by atoms with Crippen molar-refractivity contribution in [2.75, 3.05) is 20.8 Å². The summed E-state index contributed by atoms with van der Waals surface area (Å²) in [6.07, 6.45) is 0. The Kier molecular flexibility index (Phi) is 6.30. The fraction of sp³-hybridized carbons (Fsp3) is 0.429. The van der Waals surface area contributed by atoms with Crippen LogP contribution < -0.4 is 10.1 Å². The van der Waals surface area contributed by atoms with Gasteiger partial charge in [0.1, 0.15) is 11.8 Å². The number of carbonyl (C=O) groups is 2. The number of ether oxygens (including phenoxy) is 2. The summed E-state index contributed by atoms with van der Waals surface area (Å²) < 4.78 is 9.67. The van der Waals surface area contributed by atoms with Crippen LogP contribution in [0, 0.1) is 10.1 Å². The zero-order valence-electron chi connectivity index (χ0n) is 12.6. The minimum Gasteiger partial charge on any atom is -0.497 e. The number of amides is 1. The van der Waals surface area contributed by atoms with Crippen molar-refractivity contribution in [3.05, 3.63) is 39.9 Å². The van der Waals surface area contributed by atoms with Crippen LogP contribution in [0.5, 0.6) is 5.75 Å². The van der Waals surface area contributed by atoms with Gasteiger partial charge in [0.2, 0.25) is 12.5 Å². The van der Waals surface area contributed by atoms with Crippen molar-refractivity contribution in [2.24, 2.45) is 0 Å². The second kappa shape index (κ2) is 7.96. The number of benzene rings is 1. The maximum Gasteiger partial charge on any atom is 0.329 e. The topological polar surface area (TPSA) is 108 Å². The average Bonchev–Trinajstić information content (AvgIpc) is 2.49. The van der Waals surface area contributed by atoms with Gasteiger partial charge in [0.15, 0.2) is 0 Å². The first-order valence-electron chi connectivity index (χ1n) is 6.49. The molecule has 0 unspecified atom stereocenters. The van der Waals surface area contributed by atoms with Gasteiger partial charge in [-0.15, -0.1) is 0 Å². The van der Waals surface area contributed by atoms with Gasteiger partial charge >= 0.3 is 5.97 Å². The van der Waals surface area contributed by atoms with E-state index < -0.39 is 35.3 Å². The molecule has 0 fully saturated rings. The van der Waals surface area contributed by atoms with Gasteiger partial charge in [-0.2, -0.15) is 0 Å². The highest BCUT2D eigenvalue weighted by Crippen LogP contribution is 2.24. The van der Waals surface area contributed by atoms with Crippen molar-refractivity contribution in [3.8, 4) is 5.75 Å². The summed E-state index contributed by atoms with van der Waals surface area (Å²) >= 11 is 0. The smallest absolute Gasteiger partial charge is 0.329 e. The van der Waals surface area contributed by atoms with Gasteiger partial charge in [-0.1, -0.05) is 12.1 Å². The second-order valence-corrected chi connectivity index (χ2v) is 4.60. The van der Waals surface area contributed by atoms with E-state index in [4.69, 9.17) is 4.74 Å². The van der Waals surface area contributed by atoms with E-state index in [1.54, 1.807) is 24.3 Å². The fourth-order valence-electron chi connectivity index (χ4n) is 2.08. The van der Waals surface area contributed by atoms with E-state index in [9.17, 15) is 19.7 Å². The summed E-state index contributed by atoms with van der Waals surface area (Å²) in [6.45, 7) is 0.708. The molecule has 1 N–H and O–H groups in total. The monoisotopic (exact) mass is 310 g/mol. The average molecular weight is 310 g/mol. The zero-order chi connectivity index (χ0) is 16.7. The fourth-order valence-corrected chi connectivity index (χ4v) is 2.08. The molecule has 1 aromatic carbocycles. The Balaban J connectivity index is 3.18. The van der Waals surface area contributed by atoms with E-state index in [1.165, 1.54) is 14.0 Å². The summed E-state index contributed by atoms with van der Waals surface area (Å²) in [7, 11) is 2.66. The third-order valence-corrected chi connectivity index (χ3v) is 3.11. The van der Waals surface area contributed by atoms with Crippen molar-refractivity contribution in [2.45, 2.75) is 18.9 Å². The maximum absolute atomic E-state index is 11.9. The Bertz CT molecular complexity index is 543. The molecule has 0 saturated heterocycles. The molecule has 0 bridgehead atoms. The molecule has 120 valence electrons. The number of nitrogens with one attached hydrogen (secondary N) is 1. The molecule has 0 aliphatic rings. The van der Waals surface area contributed by atoms with Crippen LogP contribution in [0.3, 0.4) is 0 Å². The number of carbonyl (C=O) groups excluding carboxylic acids is 2. The van der Waals surface area contributed by atoms with Gasteiger partial charge in [-0.05, 0) is 17.7 Å². The minimum absolute atomic E-state index is 0.475. The highest BCUT2D eigenvalue weighted by atomic mass is 16.6. The standard InChI is InChI=1S/C14H18N2O6/c1-9(17)15-13(14(18)22-3)12(8-16(19)20)10-4-6-11(21-2)7-5-10/h4-7,12-13H,8H2,1-3H3,(H,15,17)/t12-,13+/m1/s1. The lowest BCUT2D eigenvalue weighted by molar-refractivity contribution is -0.483. The van der Waals surface area contributed by atoms with Crippen LogP contribution in [0.1, 0.15) is 18.4 Å². The SMILES string of the molecule is COC(=O)[C@@H](NC(C)=O)[C@H](C[N+](=O)[O-])c1ccc(OC)cc1. The van der Waals surface area contributed by atoms with Crippen molar-refractivity contribution in [1.29, 1.82) is 0 Å². The van der Waals surface area contributed by atoms with E-state index in [0.717, 1.165) is 7.11 Å². The summed E-state index contributed by atoms with van der Waals surface area (Å²) in [5.41, 5.74) is 0.529. The number of nitro groups is 1. The van der Waals surface area contributed by atoms with Crippen LogP contribution in [0.2, 0.25) is 0 Å². The van der Waals surface area contributed by atoms with Crippen molar-refractivity contribution >= 4 is 11.9 Å². The van der Waals surface area contributed by atoms with Crippen LogP contribution in [-0.2, 0) is 14.3 Å². The van der Waals surface area contributed by atoms with E-state index in [0.29, 0.717) is 11.3 Å². The van der Waals surface area contributed by atoms with E-state index in [-0.39, 0.29) is 0 Å². The Hall–Kier alpha value is -2.64. The first-order valence-corrected chi connectivity index (χ1v) is 6.49. The molecule has 0 radical (unpaired) electrons. The molecule has 0 aliphatic carbocycles. The maximum atomic E-state index is 11.9. The molecule has 0 aliphatic heterocycles. The van der Waals surface area contributed by atoms with Crippen molar-refractivity contribution < 1.29 is 24.0 Å². The number of hydrogen-bond donors (Lipinski definition) is 1. The van der Waals surface area contributed by atoms with Crippen molar-refractivity contribution in [3.63, 3.8) is 0 Å². The molecular weight excluding hydrogens is 292 g/mol. The highest BCUT2D eigenvalue weighted by molar-refractivity contribution is 5.84. The van der Waals surface area contributed by atoms with Gasteiger partial charge in [0.25, 0.3) is 0 Å².